The molecule has 3 rings (SSSR count). The second-order valence-corrected chi connectivity index (χ2v) is 5.58. The summed E-state index contributed by atoms with van der Waals surface area (Å²) in [6, 6.07) is 13.3. The number of morpholine rings is 1. The fourth-order valence-electron chi connectivity index (χ4n) is 2.90. The molecule has 1 atom stereocenters. The lowest BCUT2D eigenvalue weighted by molar-refractivity contribution is -0.384. The number of aromatic nitrogens is 1. The van der Waals surface area contributed by atoms with Crippen LogP contribution in [-0.4, -0.2) is 47.7 Å². The van der Waals surface area contributed by atoms with Crippen LogP contribution in [0.5, 0.6) is 0 Å². The molecule has 1 unspecified atom stereocenters. The highest BCUT2D eigenvalue weighted by Crippen LogP contribution is 2.25. The average molecular weight is 328 g/mol. The van der Waals surface area contributed by atoms with E-state index in [0.29, 0.717) is 25.6 Å². The summed E-state index contributed by atoms with van der Waals surface area (Å²) in [6.45, 7) is 3.62. The van der Waals surface area contributed by atoms with Crippen LogP contribution >= 0.6 is 0 Å². The van der Waals surface area contributed by atoms with E-state index in [4.69, 9.17) is 4.74 Å². The molecule has 1 aromatic carbocycles. The van der Waals surface area contributed by atoms with Gasteiger partial charge in [0.25, 0.3) is 0 Å². The van der Waals surface area contributed by atoms with E-state index in [1.165, 1.54) is 11.6 Å². The number of hydrogen-bond acceptors (Lipinski definition) is 6. The molecule has 0 spiro atoms. The normalized spacial score (nSPS) is 16.5. The maximum Gasteiger partial charge on any atom is 0.311 e. The van der Waals surface area contributed by atoms with E-state index in [1.807, 2.05) is 18.2 Å². The number of rotatable bonds is 6. The van der Waals surface area contributed by atoms with Gasteiger partial charge in [-0.3, -0.25) is 15.0 Å². The standard InChI is InChI=1S/C17H20N4O3/c22-21(23)15-7-4-8-18-17(15)19-13-16(14-5-2-1-3-6-14)20-9-11-24-12-10-20/h1-8,16H,9-13H2,(H,18,19). The van der Waals surface area contributed by atoms with Gasteiger partial charge in [0.1, 0.15) is 0 Å². The quantitative estimate of drug-likeness (QED) is 0.648. The maximum absolute atomic E-state index is 11.1. The number of hydrogen-bond donors (Lipinski definition) is 1. The van der Waals surface area contributed by atoms with E-state index in [-0.39, 0.29) is 11.7 Å². The Hall–Kier alpha value is -2.51. The molecule has 126 valence electrons. The van der Waals surface area contributed by atoms with Gasteiger partial charge >= 0.3 is 5.69 Å². The zero-order valence-electron chi connectivity index (χ0n) is 13.3. The number of nitrogens with zero attached hydrogens (tertiary/aromatic N) is 3. The molecule has 7 nitrogen and oxygen atoms in total. The molecule has 0 aliphatic carbocycles. The Balaban J connectivity index is 1.78. The lowest BCUT2D eigenvalue weighted by atomic mass is 10.0. The van der Waals surface area contributed by atoms with Crippen LogP contribution in [0.25, 0.3) is 0 Å². The molecular weight excluding hydrogens is 308 g/mol. The van der Waals surface area contributed by atoms with Crippen molar-refractivity contribution in [3.8, 4) is 0 Å². The van der Waals surface area contributed by atoms with Crippen LogP contribution in [0.1, 0.15) is 11.6 Å². The third kappa shape index (κ3) is 3.87. The number of pyridine rings is 1. The van der Waals surface area contributed by atoms with Crippen molar-refractivity contribution in [3.63, 3.8) is 0 Å². The Kier molecular flexibility index (Phi) is 5.35. The summed E-state index contributed by atoms with van der Waals surface area (Å²) in [4.78, 5) is 17.2. The van der Waals surface area contributed by atoms with E-state index in [2.05, 4.69) is 27.3 Å². The molecule has 1 N–H and O–H groups in total. The highest BCUT2D eigenvalue weighted by atomic mass is 16.6. The summed E-state index contributed by atoms with van der Waals surface area (Å²) in [5, 5.41) is 14.3. The molecule has 7 heteroatoms. The summed E-state index contributed by atoms with van der Waals surface area (Å²) in [5.74, 6) is 0.302. The number of ether oxygens (including phenoxy) is 1. The molecule has 1 aliphatic heterocycles. The minimum absolute atomic E-state index is 0.00807. The van der Waals surface area contributed by atoms with Crippen molar-refractivity contribution < 1.29 is 9.66 Å². The van der Waals surface area contributed by atoms with Crippen LogP contribution in [0.2, 0.25) is 0 Å². The monoisotopic (exact) mass is 328 g/mol. The van der Waals surface area contributed by atoms with Gasteiger partial charge in [-0.2, -0.15) is 0 Å². The van der Waals surface area contributed by atoms with Gasteiger partial charge in [-0.05, 0) is 11.6 Å². The van der Waals surface area contributed by atoms with Gasteiger partial charge in [-0.25, -0.2) is 4.98 Å². The molecule has 1 fully saturated rings. The minimum Gasteiger partial charge on any atom is -0.379 e. The highest BCUT2D eigenvalue weighted by molar-refractivity contribution is 5.55. The topological polar surface area (TPSA) is 80.5 Å². The second-order valence-electron chi connectivity index (χ2n) is 5.58. The van der Waals surface area contributed by atoms with E-state index >= 15 is 0 Å². The largest absolute Gasteiger partial charge is 0.379 e. The fourth-order valence-corrected chi connectivity index (χ4v) is 2.90. The average Bonchev–Trinajstić information content (AvgIpc) is 2.64. The van der Waals surface area contributed by atoms with Crippen molar-refractivity contribution in [1.82, 2.24) is 9.88 Å². The zero-order valence-corrected chi connectivity index (χ0v) is 13.3. The maximum atomic E-state index is 11.1. The smallest absolute Gasteiger partial charge is 0.311 e. The Morgan fingerprint density at radius 3 is 2.67 bits per heavy atom. The van der Waals surface area contributed by atoms with Crippen molar-refractivity contribution in [2.75, 3.05) is 38.2 Å². The van der Waals surface area contributed by atoms with Crippen molar-refractivity contribution in [1.29, 1.82) is 0 Å². The Labute approximate surface area is 140 Å². The first-order valence-electron chi connectivity index (χ1n) is 7.96. The summed E-state index contributed by atoms with van der Waals surface area (Å²) in [5.41, 5.74) is 1.16. The van der Waals surface area contributed by atoms with Gasteiger partial charge in [0, 0.05) is 31.9 Å². The molecule has 24 heavy (non-hydrogen) atoms. The van der Waals surface area contributed by atoms with Crippen LogP contribution in [0, 0.1) is 10.1 Å². The molecule has 1 saturated heterocycles. The predicted molar refractivity (Wildman–Crippen MR) is 91.0 cm³/mol. The summed E-state index contributed by atoms with van der Waals surface area (Å²) in [6.07, 6.45) is 1.56. The minimum atomic E-state index is -0.415. The highest BCUT2D eigenvalue weighted by Gasteiger charge is 2.23. The molecule has 0 radical (unpaired) electrons. The third-order valence-corrected chi connectivity index (χ3v) is 4.12. The molecule has 0 bridgehead atoms. The number of benzene rings is 1. The van der Waals surface area contributed by atoms with Gasteiger partial charge in [0.05, 0.1) is 24.2 Å². The van der Waals surface area contributed by atoms with Crippen molar-refractivity contribution in [3.05, 3.63) is 64.3 Å². The van der Waals surface area contributed by atoms with E-state index < -0.39 is 4.92 Å². The Morgan fingerprint density at radius 1 is 1.21 bits per heavy atom. The fraction of sp³-hybridized carbons (Fsp3) is 0.353. The second kappa shape index (κ2) is 7.85. The van der Waals surface area contributed by atoms with Gasteiger partial charge in [-0.1, -0.05) is 30.3 Å². The lowest BCUT2D eigenvalue weighted by Crippen LogP contribution is -2.41. The Bertz CT molecular complexity index is 675. The van der Waals surface area contributed by atoms with Crippen LogP contribution < -0.4 is 5.32 Å². The van der Waals surface area contributed by atoms with Crippen molar-refractivity contribution >= 4 is 11.5 Å². The molecular formula is C17H20N4O3. The summed E-state index contributed by atoms with van der Waals surface area (Å²) >= 11 is 0. The first kappa shape index (κ1) is 16.4. The molecule has 2 heterocycles. The summed E-state index contributed by atoms with van der Waals surface area (Å²) < 4.78 is 5.44. The van der Waals surface area contributed by atoms with Crippen LogP contribution in [0.3, 0.4) is 0 Å². The number of anilines is 1. The number of nitrogens with one attached hydrogen (secondary N) is 1. The molecule has 1 aromatic heterocycles. The van der Waals surface area contributed by atoms with Gasteiger partial charge in [-0.15, -0.1) is 0 Å². The van der Waals surface area contributed by atoms with Crippen LogP contribution in [0.4, 0.5) is 11.5 Å². The molecule has 0 amide bonds. The van der Waals surface area contributed by atoms with Crippen LogP contribution in [-0.2, 0) is 4.74 Å². The van der Waals surface area contributed by atoms with Crippen molar-refractivity contribution in [2.45, 2.75) is 6.04 Å². The Morgan fingerprint density at radius 2 is 1.96 bits per heavy atom. The van der Waals surface area contributed by atoms with Gasteiger partial charge in [0.2, 0.25) is 5.82 Å². The van der Waals surface area contributed by atoms with Crippen LogP contribution in [0.15, 0.2) is 48.7 Å². The van der Waals surface area contributed by atoms with Crippen molar-refractivity contribution in [2.24, 2.45) is 0 Å². The molecule has 0 saturated carbocycles. The lowest BCUT2D eigenvalue weighted by Gasteiger charge is -2.35. The first-order valence-corrected chi connectivity index (χ1v) is 7.96. The molecule has 1 aliphatic rings. The number of nitro groups is 1. The SMILES string of the molecule is O=[N+]([O-])c1cccnc1NCC(c1ccccc1)N1CCOCC1. The predicted octanol–water partition coefficient (Wildman–Crippen LogP) is 2.48. The van der Waals surface area contributed by atoms with E-state index in [0.717, 1.165) is 13.1 Å². The first-order chi connectivity index (χ1) is 11.8. The third-order valence-electron chi connectivity index (χ3n) is 4.12. The summed E-state index contributed by atoms with van der Waals surface area (Å²) in [7, 11) is 0. The van der Waals surface area contributed by atoms with Gasteiger partial charge < -0.3 is 10.1 Å². The molecule has 2 aromatic rings. The zero-order chi connectivity index (χ0) is 16.8. The van der Waals surface area contributed by atoms with E-state index in [1.54, 1.807) is 12.3 Å². The van der Waals surface area contributed by atoms with E-state index in [9.17, 15) is 10.1 Å². The van der Waals surface area contributed by atoms with Gasteiger partial charge in [0.15, 0.2) is 0 Å².